The maximum Gasteiger partial charge on any atom is 3.00 e. The van der Waals surface area contributed by atoms with E-state index in [4.69, 9.17) is 9.90 Å². The van der Waals surface area contributed by atoms with Crippen molar-refractivity contribution < 1.29 is 67.9 Å². The van der Waals surface area contributed by atoms with E-state index in [-0.39, 0.29) is 67.2 Å². The fourth-order valence-corrected chi connectivity index (χ4v) is 3.03. The molecule has 0 atom stereocenters. The molecule has 199 valence electrons. The normalized spacial score (nSPS) is 10.4. The molecule has 7 heteroatoms. The van der Waals surface area contributed by atoms with Crippen LogP contribution in [0.25, 0.3) is 11.5 Å². The largest absolute Gasteiger partial charge is 3.00 e. The quantitative estimate of drug-likeness (QED) is 0.120. The summed E-state index contributed by atoms with van der Waals surface area (Å²) in [6, 6.07) is 36.4. The maximum absolute atomic E-state index is 9.83. The Balaban J connectivity index is 0.000000336. The van der Waals surface area contributed by atoms with Gasteiger partial charge in [0.1, 0.15) is 18.4 Å². The molecule has 1 radical (unpaired) electrons. The fourth-order valence-electron chi connectivity index (χ4n) is 3.03. The molecular weight excluding hydrogens is 643 g/mol. The molecular formula is C32H32DyO6+7. The van der Waals surface area contributed by atoms with Crippen molar-refractivity contribution in [3.63, 3.8) is 0 Å². The molecule has 0 saturated heterocycles. The van der Waals surface area contributed by atoms with E-state index >= 15 is 0 Å². The van der Waals surface area contributed by atoms with Crippen LogP contribution in [-0.2, 0) is 0 Å². The fraction of sp³-hybridized carbons (Fsp3) is 0.0312. The molecule has 6 nitrogen and oxygen atoms in total. The predicted octanol–water partition coefficient (Wildman–Crippen LogP) is 5.59. The third-order valence-corrected chi connectivity index (χ3v) is 4.83. The van der Waals surface area contributed by atoms with E-state index in [1.54, 1.807) is 48.5 Å². The number of aliphatic hydroxyl groups is 2. The Kier molecular flexibility index (Phi) is 15.5. The summed E-state index contributed by atoms with van der Waals surface area (Å²) in [5.41, 5.74) is 2.70. The smallest absolute Gasteiger partial charge is 0.524 e. The second-order valence-electron chi connectivity index (χ2n) is 7.88. The summed E-state index contributed by atoms with van der Waals surface area (Å²) < 4.78 is 0. The number of carbonyl (C=O) groups excluding carboxylic acids is 3. The first kappa shape index (κ1) is 33.1. The van der Waals surface area contributed by atoms with Crippen LogP contribution in [0.5, 0.6) is 0 Å². The minimum Gasteiger partial charge on any atom is -0.524 e. The number of hydrogen-bond donors (Lipinski definition) is 2. The number of allylic oxidation sites excluding steroid dienone is 2. The van der Waals surface area contributed by atoms with Crippen LogP contribution in [0.4, 0.5) is 0 Å². The topological polar surface area (TPSA) is 128 Å². The molecule has 0 spiro atoms. The molecule has 0 unspecified atom stereocenters. The Labute approximate surface area is 258 Å². The van der Waals surface area contributed by atoms with Crippen LogP contribution in [-0.4, -0.2) is 47.2 Å². The van der Waals surface area contributed by atoms with Crippen molar-refractivity contribution in [3.05, 3.63) is 156 Å². The summed E-state index contributed by atoms with van der Waals surface area (Å²) in [7, 11) is 0. The van der Waals surface area contributed by atoms with Crippen LogP contribution in [0.15, 0.2) is 133 Å². The van der Waals surface area contributed by atoms with Crippen LogP contribution >= 0.6 is 0 Å². The monoisotopic (exact) mass is 676 g/mol. The average Bonchev–Trinajstić information content (AvgIpc) is 2.95. The number of rotatable bonds is 6. The molecule has 4 aromatic rings. The van der Waals surface area contributed by atoms with Gasteiger partial charge < -0.3 is 15.3 Å². The minimum absolute atomic E-state index is 0. The number of benzene rings is 4. The van der Waals surface area contributed by atoms with Gasteiger partial charge in [-0.25, -0.2) is 4.79 Å². The second-order valence-corrected chi connectivity index (χ2v) is 7.88. The van der Waals surface area contributed by atoms with E-state index in [0.717, 1.165) is 0 Å². The van der Waals surface area contributed by atoms with Crippen LogP contribution in [0.2, 0.25) is 0 Å². The summed E-state index contributed by atoms with van der Waals surface area (Å²) in [6.45, 7) is 1.31. The number of hydrogen-bond acceptors (Lipinski definition) is 2. The summed E-state index contributed by atoms with van der Waals surface area (Å²) in [5, 5.41) is 25.7. The predicted molar refractivity (Wildman–Crippen MR) is 155 cm³/mol. The van der Waals surface area contributed by atoms with Gasteiger partial charge in [-0.3, -0.25) is 9.59 Å². The zero-order valence-corrected chi connectivity index (χ0v) is 23.3. The maximum atomic E-state index is 9.83. The van der Waals surface area contributed by atoms with Gasteiger partial charge in [0.25, 0.3) is 0 Å². The van der Waals surface area contributed by atoms with Crippen molar-refractivity contribution in [2.75, 3.05) is 0 Å². The van der Waals surface area contributed by atoms with Crippen LogP contribution < -0.4 is 0 Å². The van der Waals surface area contributed by atoms with E-state index in [9.17, 15) is 19.8 Å². The molecule has 0 bridgehead atoms. The molecule has 39 heavy (non-hydrogen) atoms. The first-order chi connectivity index (χ1) is 18.3. The molecule has 0 fully saturated rings. The molecule has 4 rings (SSSR count). The van der Waals surface area contributed by atoms with Crippen LogP contribution in [0.3, 0.4) is 0 Å². The van der Waals surface area contributed by atoms with Crippen LogP contribution in [0.1, 0.15) is 29.2 Å². The zero-order chi connectivity index (χ0) is 27.8. The average molecular weight is 675 g/mol. The van der Waals surface area contributed by atoms with Crippen molar-refractivity contribution in [2.24, 2.45) is 0 Å². The third kappa shape index (κ3) is 12.9. The van der Waals surface area contributed by atoms with Gasteiger partial charge in [0.05, 0.1) is 23.3 Å². The molecule has 0 aliphatic heterocycles. The molecule has 0 aliphatic carbocycles. The molecule has 4 aromatic carbocycles. The standard InChI is InChI=1S/2C15H12O2.C2H4O2.Dy/c2*16-14(12-7-3-1-4-8-12)11-15(17)13-9-5-2-6-10-13;1-2(3)4;/h2*1-11,16H;1H3,(H,3,4);/q;;;+3/p+4/b2*14-11-;;. The van der Waals surface area contributed by atoms with Gasteiger partial charge in [-0.15, -0.1) is 0 Å². The van der Waals surface area contributed by atoms with Crippen molar-refractivity contribution in [1.82, 2.24) is 0 Å². The second kappa shape index (κ2) is 18.3. The van der Waals surface area contributed by atoms with Gasteiger partial charge >= 0.3 is 55.7 Å². The molecule has 0 aliphatic rings. The first-order valence-electron chi connectivity index (χ1n) is 11.7. The van der Waals surface area contributed by atoms with E-state index in [0.29, 0.717) is 22.3 Å². The van der Waals surface area contributed by atoms with Gasteiger partial charge in [-0.05, 0) is 24.3 Å². The van der Waals surface area contributed by atoms with Gasteiger partial charge in [0.2, 0.25) is 0 Å². The van der Waals surface area contributed by atoms with E-state index < -0.39 is 0 Å². The van der Waals surface area contributed by atoms with E-state index in [2.05, 4.69) is 0 Å². The minimum atomic E-state index is -0.333. The molecule has 0 aromatic heterocycles. The number of ketones is 2. The Bertz CT molecular complexity index is 1260. The summed E-state index contributed by atoms with van der Waals surface area (Å²) >= 11 is 0. The van der Waals surface area contributed by atoms with Crippen molar-refractivity contribution in [1.29, 1.82) is 0 Å². The Hall–Kier alpha value is -3.96. The van der Waals surface area contributed by atoms with Crippen LogP contribution in [0, 0.1) is 38.2 Å². The first-order valence-corrected chi connectivity index (χ1v) is 11.7. The van der Waals surface area contributed by atoms with Crippen molar-refractivity contribution in [3.8, 4) is 0 Å². The van der Waals surface area contributed by atoms with Crippen molar-refractivity contribution in [2.45, 2.75) is 6.92 Å². The SMILES string of the molecule is CC(=[OH+])[OH2+].O/C(=C\C(=[OH+])c1ccccc1)c1ccccc1.O/C(=C\C(=[OH+])c1ccccc1)c1ccccc1.[Dy+3]. The van der Waals surface area contributed by atoms with Gasteiger partial charge in [0, 0.05) is 11.1 Å². The Morgan fingerprint density at radius 2 is 0.718 bits per heavy atom. The molecule has 0 amide bonds. The number of aliphatic hydroxyl groups excluding tert-OH is 2. The molecule has 0 saturated carbocycles. The van der Waals surface area contributed by atoms with Gasteiger partial charge in [0.15, 0.2) is 0 Å². The molecule has 0 heterocycles. The van der Waals surface area contributed by atoms with Gasteiger partial charge in [-0.2, -0.15) is 0 Å². The van der Waals surface area contributed by atoms with E-state index in [1.807, 2.05) is 72.8 Å². The Morgan fingerprint density at radius 3 is 0.949 bits per heavy atom. The van der Waals surface area contributed by atoms with Crippen molar-refractivity contribution >= 4 is 29.1 Å². The summed E-state index contributed by atoms with van der Waals surface area (Å²) in [5.74, 6) is -0.141. The summed E-state index contributed by atoms with van der Waals surface area (Å²) in [4.78, 5) is 27.3. The molecule has 7 N–H and O–H groups in total. The Morgan fingerprint density at radius 1 is 0.513 bits per heavy atom. The van der Waals surface area contributed by atoms with E-state index in [1.165, 1.54) is 19.1 Å². The third-order valence-electron chi connectivity index (χ3n) is 4.83. The zero-order valence-electron chi connectivity index (χ0n) is 21.3. The summed E-state index contributed by atoms with van der Waals surface area (Å²) in [6.07, 6.45) is 2.70. The van der Waals surface area contributed by atoms with Gasteiger partial charge in [-0.1, -0.05) is 97.1 Å².